The van der Waals surface area contributed by atoms with E-state index in [2.05, 4.69) is 4.98 Å². The summed E-state index contributed by atoms with van der Waals surface area (Å²) < 4.78 is 5.63. The Balaban J connectivity index is 2.00. The van der Waals surface area contributed by atoms with Crippen molar-refractivity contribution in [1.29, 1.82) is 0 Å². The topological polar surface area (TPSA) is 69.2 Å². The number of nitro groups is 1. The van der Waals surface area contributed by atoms with Gasteiger partial charge in [0.15, 0.2) is 5.58 Å². The first-order valence-corrected chi connectivity index (χ1v) is 6.42. The summed E-state index contributed by atoms with van der Waals surface area (Å²) in [5, 5.41) is 10.8. The minimum atomic E-state index is -0.430. The van der Waals surface area contributed by atoms with Gasteiger partial charge in [-0.1, -0.05) is 30.3 Å². The summed E-state index contributed by atoms with van der Waals surface area (Å²) in [7, 11) is 0. The largest absolute Gasteiger partial charge is 0.436 e. The van der Waals surface area contributed by atoms with Crippen molar-refractivity contribution in [1.82, 2.24) is 4.98 Å². The number of fused-ring (bicyclic) bond motifs is 1. The zero-order valence-corrected chi connectivity index (χ0v) is 11.3. The highest BCUT2D eigenvalue weighted by molar-refractivity contribution is 5.81. The number of aryl methyl sites for hydroxylation is 1. The third-order valence-electron chi connectivity index (χ3n) is 3.11. The molecule has 0 N–H and O–H groups in total. The first-order chi connectivity index (χ1) is 10.1. The molecular weight excluding hydrogens is 268 g/mol. The lowest BCUT2D eigenvalue weighted by Gasteiger charge is -1.94. The van der Waals surface area contributed by atoms with E-state index in [4.69, 9.17) is 4.42 Å². The lowest BCUT2D eigenvalue weighted by atomic mass is 10.2. The van der Waals surface area contributed by atoms with Crippen LogP contribution in [0.3, 0.4) is 0 Å². The maximum Gasteiger partial charge on any atom is 0.272 e. The van der Waals surface area contributed by atoms with Gasteiger partial charge in [-0.25, -0.2) is 4.98 Å². The van der Waals surface area contributed by atoms with E-state index in [-0.39, 0.29) is 5.69 Å². The van der Waals surface area contributed by atoms with Gasteiger partial charge in [0.2, 0.25) is 5.89 Å². The molecule has 104 valence electrons. The molecule has 0 unspecified atom stereocenters. The molecule has 0 saturated heterocycles. The molecule has 1 heterocycles. The Morgan fingerprint density at radius 3 is 2.67 bits per heavy atom. The van der Waals surface area contributed by atoms with Crippen LogP contribution >= 0.6 is 0 Å². The lowest BCUT2D eigenvalue weighted by Crippen LogP contribution is -1.88. The molecule has 0 aliphatic carbocycles. The van der Waals surface area contributed by atoms with E-state index in [0.717, 1.165) is 5.56 Å². The fourth-order valence-electron chi connectivity index (χ4n) is 2.11. The predicted octanol–water partition coefficient (Wildman–Crippen LogP) is 4.21. The van der Waals surface area contributed by atoms with Gasteiger partial charge < -0.3 is 4.42 Å². The molecule has 21 heavy (non-hydrogen) atoms. The molecule has 0 aliphatic heterocycles. The van der Waals surface area contributed by atoms with Gasteiger partial charge in [-0.15, -0.1) is 0 Å². The van der Waals surface area contributed by atoms with Crippen LogP contribution in [-0.2, 0) is 0 Å². The maximum atomic E-state index is 10.8. The van der Waals surface area contributed by atoms with Crippen LogP contribution in [0.4, 0.5) is 5.69 Å². The molecule has 1 aromatic heterocycles. The molecule has 0 amide bonds. The summed E-state index contributed by atoms with van der Waals surface area (Å²) in [6.45, 7) is 1.77. The van der Waals surface area contributed by atoms with Crippen LogP contribution in [0, 0.1) is 17.0 Å². The molecule has 3 rings (SSSR count). The van der Waals surface area contributed by atoms with Crippen molar-refractivity contribution >= 4 is 28.9 Å². The SMILES string of the molecule is Cc1cc([N+](=O)[O-])cc2nc(/C=C/c3ccccc3)oc12. The number of non-ortho nitro benzene ring substituents is 1. The number of nitro benzene ring substituents is 1. The molecule has 0 saturated carbocycles. The second-order valence-corrected chi connectivity index (χ2v) is 4.66. The number of rotatable bonds is 3. The fraction of sp³-hybridized carbons (Fsp3) is 0.0625. The number of oxazole rings is 1. The number of benzene rings is 2. The van der Waals surface area contributed by atoms with Gasteiger partial charge in [0.05, 0.1) is 4.92 Å². The van der Waals surface area contributed by atoms with Crippen molar-refractivity contribution in [3.63, 3.8) is 0 Å². The molecule has 0 spiro atoms. The van der Waals surface area contributed by atoms with Gasteiger partial charge in [-0.2, -0.15) is 0 Å². The van der Waals surface area contributed by atoms with Crippen LogP contribution in [0.2, 0.25) is 0 Å². The molecule has 0 fully saturated rings. The van der Waals surface area contributed by atoms with Gasteiger partial charge in [0.1, 0.15) is 5.52 Å². The Morgan fingerprint density at radius 1 is 1.19 bits per heavy atom. The van der Waals surface area contributed by atoms with Crippen LogP contribution in [0.5, 0.6) is 0 Å². The van der Waals surface area contributed by atoms with E-state index in [1.165, 1.54) is 12.1 Å². The highest BCUT2D eigenvalue weighted by Crippen LogP contribution is 2.26. The molecule has 0 atom stereocenters. The summed E-state index contributed by atoms with van der Waals surface area (Å²) in [5.74, 6) is 0.428. The van der Waals surface area contributed by atoms with E-state index in [9.17, 15) is 10.1 Å². The molecule has 0 aliphatic rings. The summed E-state index contributed by atoms with van der Waals surface area (Å²) >= 11 is 0. The lowest BCUT2D eigenvalue weighted by molar-refractivity contribution is -0.384. The van der Waals surface area contributed by atoms with E-state index in [1.54, 1.807) is 13.0 Å². The van der Waals surface area contributed by atoms with Crippen molar-refractivity contribution in [2.24, 2.45) is 0 Å². The van der Waals surface area contributed by atoms with Crippen molar-refractivity contribution in [3.05, 3.63) is 69.6 Å². The zero-order valence-electron chi connectivity index (χ0n) is 11.3. The second kappa shape index (κ2) is 5.20. The Kier molecular flexibility index (Phi) is 3.23. The third-order valence-corrected chi connectivity index (χ3v) is 3.11. The van der Waals surface area contributed by atoms with Gasteiger partial charge in [-0.3, -0.25) is 10.1 Å². The normalized spacial score (nSPS) is 11.3. The van der Waals surface area contributed by atoms with Crippen molar-refractivity contribution < 1.29 is 9.34 Å². The maximum absolute atomic E-state index is 10.8. The van der Waals surface area contributed by atoms with Crippen molar-refractivity contribution in [2.75, 3.05) is 0 Å². The molecule has 0 bridgehead atoms. The van der Waals surface area contributed by atoms with Gasteiger partial charge >= 0.3 is 0 Å². The zero-order chi connectivity index (χ0) is 14.8. The average Bonchev–Trinajstić information content (AvgIpc) is 2.90. The first-order valence-electron chi connectivity index (χ1n) is 6.42. The summed E-state index contributed by atoms with van der Waals surface area (Å²) in [5.41, 5.74) is 2.82. The average molecular weight is 280 g/mol. The summed E-state index contributed by atoms with van der Waals surface area (Å²) in [4.78, 5) is 14.7. The minimum Gasteiger partial charge on any atom is -0.436 e. The van der Waals surface area contributed by atoms with Crippen LogP contribution in [0.15, 0.2) is 46.9 Å². The molecule has 5 heteroatoms. The molecule has 2 aromatic carbocycles. The number of hydrogen-bond acceptors (Lipinski definition) is 4. The molecule has 3 aromatic rings. The van der Waals surface area contributed by atoms with Crippen LogP contribution < -0.4 is 0 Å². The van der Waals surface area contributed by atoms with Crippen molar-refractivity contribution in [2.45, 2.75) is 6.92 Å². The van der Waals surface area contributed by atoms with E-state index in [0.29, 0.717) is 22.6 Å². The highest BCUT2D eigenvalue weighted by Gasteiger charge is 2.13. The Morgan fingerprint density at radius 2 is 1.95 bits per heavy atom. The van der Waals surface area contributed by atoms with E-state index in [1.807, 2.05) is 36.4 Å². The van der Waals surface area contributed by atoms with Crippen LogP contribution in [-0.4, -0.2) is 9.91 Å². The highest BCUT2D eigenvalue weighted by atomic mass is 16.6. The fourth-order valence-corrected chi connectivity index (χ4v) is 2.11. The third kappa shape index (κ3) is 2.67. The number of aromatic nitrogens is 1. The Labute approximate surface area is 120 Å². The van der Waals surface area contributed by atoms with Gasteiger partial charge in [0, 0.05) is 23.8 Å². The quantitative estimate of drug-likeness (QED) is 0.532. The van der Waals surface area contributed by atoms with Crippen LogP contribution in [0.1, 0.15) is 17.0 Å². The monoisotopic (exact) mass is 280 g/mol. The number of hydrogen-bond donors (Lipinski definition) is 0. The summed E-state index contributed by atoms with van der Waals surface area (Å²) in [6, 6.07) is 12.7. The predicted molar refractivity (Wildman–Crippen MR) is 80.8 cm³/mol. The van der Waals surface area contributed by atoms with E-state index >= 15 is 0 Å². The van der Waals surface area contributed by atoms with Crippen LogP contribution in [0.25, 0.3) is 23.3 Å². The van der Waals surface area contributed by atoms with E-state index < -0.39 is 4.92 Å². The molecule has 5 nitrogen and oxygen atoms in total. The number of nitrogens with zero attached hydrogens (tertiary/aromatic N) is 2. The first kappa shape index (κ1) is 13.1. The summed E-state index contributed by atoms with van der Waals surface area (Å²) in [6.07, 6.45) is 3.63. The minimum absolute atomic E-state index is 0.0203. The van der Waals surface area contributed by atoms with Gasteiger partial charge in [0.25, 0.3) is 5.69 Å². The standard InChI is InChI=1S/C16H12N2O3/c1-11-9-13(18(19)20)10-14-16(11)21-15(17-14)8-7-12-5-3-2-4-6-12/h2-10H,1H3/b8-7+. The molecule has 0 radical (unpaired) electrons. The molecular formula is C16H12N2O3. The Hall–Kier alpha value is -2.95. The smallest absolute Gasteiger partial charge is 0.272 e. The van der Waals surface area contributed by atoms with Crippen molar-refractivity contribution in [3.8, 4) is 0 Å². The Bertz CT molecular complexity index is 835. The second-order valence-electron chi connectivity index (χ2n) is 4.66. The van der Waals surface area contributed by atoms with Gasteiger partial charge in [-0.05, 0) is 18.6 Å².